The van der Waals surface area contributed by atoms with Gasteiger partial charge in [-0.05, 0) is 39.3 Å². The average Bonchev–Trinajstić information content (AvgIpc) is 2.32. The largest absolute Gasteiger partial charge is 0.329 e. The fraction of sp³-hybridized carbons (Fsp3) is 0.500. The van der Waals surface area contributed by atoms with Crippen molar-refractivity contribution in [1.29, 1.82) is 0 Å². The van der Waals surface area contributed by atoms with Gasteiger partial charge in [-0.25, -0.2) is 0 Å². The molecule has 0 radical (unpaired) electrons. The van der Waals surface area contributed by atoms with Crippen molar-refractivity contribution in [3.05, 3.63) is 29.8 Å². The Hall–Kier alpha value is -1.35. The van der Waals surface area contributed by atoms with Crippen molar-refractivity contribution in [3.63, 3.8) is 0 Å². The van der Waals surface area contributed by atoms with Gasteiger partial charge in [0.05, 0.1) is 5.41 Å². The number of nitrogens with zero attached hydrogens (tertiary/aromatic N) is 1. The molecule has 0 unspecified atom stereocenters. The highest BCUT2D eigenvalue weighted by molar-refractivity contribution is 5.97. The van der Waals surface area contributed by atoms with E-state index in [0.717, 1.165) is 11.3 Å². The van der Waals surface area contributed by atoms with E-state index in [1.165, 1.54) is 0 Å². The van der Waals surface area contributed by atoms with Gasteiger partial charge in [0.15, 0.2) is 0 Å². The Morgan fingerprint density at radius 2 is 1.94 bits per heavy atom. The second-order valence-electron chi connectivity index (χ2n) is 4.92. The molecular weight excluding hydrogens is 212 g/mol. The number of carbonyl (C=O) groups is 1. The van der Waals surface area contributed by atoms with E-state index < -0.39 is 5.41 Å². The minimum atomic E-state index is -0.516. The number of aryl methyl sites for hydroxylation is 1. The molecule has 0 aliphatic carbocycles. The van der Waals surface area contributed by atoms with Crippen molar-refractivity contribution >= 4 is 11.6 Å². The van der Waals surface area contributed by atoms with E-state index in [2.05, 4.69) is 0 Å². The van der Waals surface area contributed by atoms with E-state index in [0.29, 0.717) is 13.1 Å². The first kappa shape index (κ1) is 13.7. The third kappa shape index (κ3) is 2.86. The Morgan fingerprint density at radius 3 is 2.41 bits per heavy atom. The molecule has 94 valence electrons. The van der Waals surface area contributed by atoms with E-state index >= 15 is 0 Å². The van der Waals surface area contributed by atoms with Crippen molar-refractivity contribution in [2.24, 2.45) is 11.1 Å². The van der Waals surface area contributed by atoms with Gasteiger partial charge >= 0.3 is 0 Å². The molecule has 17 heavy (non-hydrogen) atoms. The summed E-state index contributed by atoms with van der Waals surface area (Å²) in [6, 6.07) is 7.92. The van der Waals surface area contributed by atoms with Crippen LogP contribution in [0.15, 0.2) is 24.3 Å². The van der Waals surface area contributed by atoms with Gasteiger partial charge in [0.25, 0.3) is 0 Å². The standard InChI is InChI=1S/C14H22N2O/c1-5-16(13(17)14(3,4)10-15)12-9-7-6-8-11(12)2/h6-9H,5,10,15H2,1-4H3. The summed E-state index contributed by atoms with van der Waals surface area (Å²) in [5.74, 6) is 0.0804. The lowest BCUT2D eigenvalue weighted by atomic mass is 9.91. The van der Waals surface area contributed by atoms with E-state index in [-0.39, 0.29) is 5.91 Å². The summed E-state index contributed by atoms with van der Waals surface area (Å²) in [4.78, 5) is 14.2. The predicted molar refractivity (Wildman–Crippen MR) is 72.0 cm³/mol. The van der Waals surface area contributed by atoms with Gasteiger partial charge in [-0.2, -0.15) is 0 Å². The molecule has 0 atom stereocenters. The molecule has 0 fully saturated rings. The average molecular weight is 234 g/mol. The smallest absolute Gasteiger partial charge is 0.233 e. The molecule has 0 bridgehead atoms. The molecule has 0 heterocycles. The number of rotatable bonds is 4. The topological polar surface area (TPSA) is 46.3 Å². The molecule has 2 N–H and O–H groups in total. The number of amides is 1. The van der Waals surface area contributed by atoms with Gasteiger partial charge in [-0.3, -0.25) is 4.79 Å². The van der Waals surface area contributed by atoms with Gasteiger partial charge in [-0.15, -0.1) is 0 Å². The van der Waals surface area contributed by atoms with Crippen LogP contribution in [0.4, 0.5) is 5.69 Å². The van der Waals surface area contributed by atoms with Crippen LogP contribution in [0.1, 0.15) is 26.3 Å². The van der Waals surface area contributed by atoms with Crippen LogP contribution in [0.5, 0.6) is 0 Å². The highest BCUT2D eigenvalue weighted by Crippen LogP contribution is 2.25. The molecular formula is C14H22N2O. The maximum atomic E-state index is 12.4. The third-order valence-electron chi connectivity index (χ3n) is 3.06. The Balaban J connectivity index is 3.09. The lowest BCUT2D eigenvalue weighted by Crippen LogP contribution is -2.45. The van der Waals surface area contributed by atoms with Crippen molar-refractivity contribution in [2.45, 2.75) is 27.7 Å². The molecule has 0 spiro atoms. The van der Waals surface area contributed by atoms with E-state index in [9.17, 15) is 4.79 Å². The summed E-state index contributed by atoms with van der Waals surface area (Å²) in [6.07, 6.45) is 0. The summed E-state index contributed by atoms with van der Waals surface area (Å²) >= 11 is 0. The quantitative estimate of drug-likeness (QED) is 0.869. The van der Waals surface area contributed by atoms with Gasteiger partial charge < -0.3 is 10.6 Å². The number of nitrogens with two attached hydrogens (primary N) is 1. The fourth-order valence-corrected chi connectivity index (χ4v) is 1.74. The van der Waals surface area contributed by atoms with Crippen LogP contribution in [0.25, 0.3) is 0 Å². The number of benzene rings is 1. The Kier molecular flexibility index (Phi) is 4.29. The minimum Gasteiger partial charge on any atom is -0.329 e. The zero-order valence-electron chi connectivity index (χ0n) is 11.2. The third-order valence-corrected chi connectivity index (χ3v) is 3.06. The van der Waals surface area contributed by atoms with Gasteiger partial charge in [0.2, 0.25) is 5.91 Å². The van der Waals surface area contributed by atoms with Crippen LogP contribution in [0, 0.1) is 12.3 Å². The first-order valence-electron chi connectivity index (χ1n) is 6.01. The van der Waals surface area contributed by atoms with Crippen LogP contribution in [0.2, 0.25) is 0 Å². The Labute approximate surface area is 104 Å². The summed E-state index contributed by atoms with van der Waals surface area (Å²) in [5.41, 5.74) is 7.23. The number of carbonyl (C=O) groups excluding carboxylic acids is 1. The number of para-hydroxylation sites is 1. The summed E-state index contributed by atoms with van der Waals surface area (Å²) in [5, 5.41) is 0. The van der Waals surface area contributed by atoms with E-state index in [4.69, 9.17) is 5.73 Å². The van der Waals surface area contributed by atoms with Crippen LogP contribution in [0.3, 0.4) is 0 Å². The molecule has 0 aromatic heterocycles. The SMILES string of the molecule is CCN(C(=O)C(C)(C)CN)c1ccccc1C. The predicted octanol–water partition coefficient (Wildman–Crippen LogP) is 2.33. The van der Waals surface area contributed by atoms with Crippen molar-refractivity contribution in [1.82, 2.24) is 0 Å². The first-order chi connectivity index (χ1) is 7.94. The second kappa shape index (κ2) is 5.32. The summed E-state index contributed by atoms with van der Waals surface area (Å²) < 4.78 is 0. The zero-order valence-corrected chi connectivity index (χ0v) is 11.2. The fourth-order valence-electron chi connectivity index (χ4n) is 1.74. The van der Waals surface area contributed by atoms with Gasteiger partial charge in [0, 0.05) is 18.8 Å². The summed E-state index contributed by atoms with van der Waals surface area (Å²) in [7, 11) is 0. The molecule has 3 nitrogen and oxygen atoms in total. The van der Waals surface area contributed by atoms with Gasteiger partial charge in [0.1, 0.15) is 0 Å². The maximum Gasteiger partial charge on any atom is 0.233 e. The van der Waals surface area contributed by atoms with E-state index in [1.807, 2.05) is 56.9 Å². The minimum absolute atomic E-state index is 0.0804. The normalized spacial score (nSPS) is 11.4. The first-order valence-corrected chi connectivity index (χ1v) is 6.01. The summed E-state index contributed by atoms with van der Waals surface area (Å²) in [6.45, 7) is 8.78. The monoisotopic (exact) mass is 234 g/mol. The molecule has 0 saturated heterocycles. The highest BCUT2D eigenvalue weighted by Gasteiger charge is 2.31. The molecule has 1 aromatic carbocycles. The number of hydrogen-bond acceptors (Lipinski definition) is 2. The Morgan fingerprint density at radius 1 is 1.35 bits per heavy atom. The molecule has 0 aliphatic heterocycles. The lowest BCUT2D eigenvalue weighted by molar-refractivity contribution is -0.126. The van der Waals surface area contributed by atoms with Crippen LogP contribution in [-0.4, -0.2) is 19.0 Å². The maximum absolute atomic E-state index is 12.4. The second-order valence-corrected chi connectivity index (χ2v) is 4.92. The molecule has 0 saturated carbocycles. The van der Waals surface area contributed by atoms with E-state index in [1.54, 1.807) is 0 Å². The highest BCUT2D eigenvalue weighted by atomic mass is 16.2. The number of hydrogen-bond donors (Lipinski definition) is 1. The zero-order chi connectivity index (χ0) is 13.1. The van der Waals surface area contributed by atoms with Crippen molar-refractivity contribution < 1.29 is 4.79 Å². The molecule has 1 rings (SSSR count). The molecule has 1 aromatic rings. The van der Waals surface area contributed by atoms with Crippen molar-refractivity contribution in [2.75, 3.05) is 18.0 Å². The Bertz CT molecular complexity index is 399. The molecule has 1 amide bonds. The van der Waals surface area contributed by atoms with Crippen molar-refractivity contribution in [3.8, 4) is 0 Å². The lowest BCUT2D eigenvalue weighted by Gasteiger charge is -2.31. The molecule has 3 heteroatoms. The number of anilines is 1. The van der Waals surface area contributed by atoms with Crippen LogP contribution in [-0.2, 0) is 4.79 Å². The van der Waals surface area contributed by atoms with Gasteiger partial charge in [-0.1, -0.05) is 18.2 Å². The molecule has 0 aliphatic rings. The van der Waals surface area contributed by atoms with Crippen LogP contribution < -0.4 is 10.6 Å². The van der Waals surface area contributed by atoms with Crippen LogP contribution >= 0.6 is 0 Å².